The van der Waals surface area contributed by atoms with Gasteiger partial charge < -0.3 is 10.4 Å². The van der Waals surface area contributed by atoms with Gasteiger partial charge in [-0.1, -0.05) is 24.3 Å². The molecular weight excluding hydrogens is 456 g/mol. The fourth-order valence-corrected chi connectivity index (χ4v) is 4.58. The highest BCUT2D eigenvalue weighted by Gasteiger charge is 2.26. The van der Waals surface area contributed by atoms with Gasteiger partial charge >= 0.3 is 5.97 Å². The number of anilines is 1. The van der Waals surface area contributed by atoms with Crippen LogP contribution in [-0.2, 0) is 27.9 Å². The molecule has 1 aromatic carbocycles. The molecule has 0 aliphatic carbocycles. The van der Waals surface area contributed by atoms with Gasteiger partial charge in [-0.05, 0) is 48.0 Å². The van der Waals surface area contributed by atoms with Crippen LogP contribution in [0, 0.1) is 0 Å². The third kappa shape index (κ3) is 5.63. The Balaban J connectivity index is 1.61. The number of carbonyl (C=O) groups is 1. The van der Waals surface area contributed by atoms with Crippen molar-refractivity contribution in [1.29, 1.82) is 0 Å². The van der Waals surface area contributed by atoms with Crippen LogP contribution in [0.3, 0.4) is 0 Å². The van der Waals surface area contributed by atoms with Crippen LogP contribution in [0.2, 0.25) is 0 Å². The zero-order valence-electron chi connectivity index (χ0n) is 18.0. The smallest absolute Gasteiger partial charge is 0.322 e. The van der Waals surface area contributed by atoms with Crippen molar-refractivity contribution in [2.75, 3.05) is 11.9 Å². The van der Waals surface area contributed by atoms with Crippen LogP contribution >= 0.6 is 0 Å². The van der Waals surface area contributed by atoms with Crippen LogP contribution in [-0.4, -0.2) is 50.1 Å². The predicted molar refractivity (Wildman–Crippen MR) is 125 cm³/mol. The second-order valence-electron chi connectivity index (χ2n) is 7.32. The van der Waals surface area contributed by atoms with Crippen molar-refractivity contribution in [3.8, 4) is 5.69 Å². The molecule has 0 fully saturated rings. The normalized spacial score (nSPS) is 11.4. The van der Waals surface area contributed by atoms with Gasteiger partial charge in [0.1, 0.15) is 12.4 Å². The Bertz CT molecular complexity index is 1340. The summed E-state index contributed by atoms with van der Waals surface area (Å²) in [4.78, 5) is 19.2. The van der Waals surface area contributed by atoms with Crippen molar-refractivity contribution in [2.24, 2.45) is 0 Å². The predicted octanol–water partition coefficient (Wildman–Crippen LogP) is 2.55. The molecule has 0 radical (unpaired) electrons. The third-order valence-electron chi connectivity index (χ3n) is 4.87. The van der Waals surface area contributed by atoms with E-state index in [9.17, 15) is 13.2 Å². The summed E-state index contributed by atoms with van der Waals surface area (Å²) in [6, 6.07) is 18.9. The Kier molecular flexibility index (Phi) is 6.95. The number of nitrogens with zero attached hydrogens (tertiary/aromatic N) is 5. The molecule has 0 amide bonds. The SMILES string of the molecule is O=C(O)CNc1cccc(CN(Cc2ccc(-n3cccn3)cc2)S(=O)(=O)c2ccccn2)n1. The van der Waals surface area contributed by atoms with E-state index < -0.39 is 16.0 Å². The van der Waals surface area contributed by atoms with E-state index in [1.807, 2.05) is 36.5 Å². The van der Waals surface area contributed by atoms with Gasteiger partial charge in [-0.2, -0.15) is 9.40 Å². The number of benzene rings is 1. The molecule has 4 aromatic rings. The molecule has 0 atom stereocenters. The molecule has 3 aromatic heterocycles. The number of sulfonamides is 1. The highest BCUT2D eigenvalue weighted by Crippen LogP contribution is 2.20. The lowest BCUT2D eigenvalue weighted by Gasteiger charge is -2.22. The fourth-order valence-electron chi connectivity index (χ4n) is 3.25. The molecule has 0 bridgehead atoms. The molecule has 2 N–H and O–H groups in total. The zero-order chi connectivity index (χ0) is 24.0. The van der Waals surface area contributed by atoms with E-state index in [1.54, 1.807) is 41.2 Å². The first kappa shape index (κ1) is 23.1. The molecule has 34 heavy (non-hydrogen) atoms. The molecular formula is C23H22N6O4S. The summed E-state index contributed by atoms with van der Waals surface area (Å²) in [6.45, 7) is -0.232. The number of carboxylic acids is 1. The second kappa shape index (κ2) is 10.2. The fraction of sp³-hybridized carbons (Fsp3) is 0.130. The van der Waals surface area contributed by atoms with E-state index in [2.05, 4.69) is 20.4 Å². The van der Waals surface area contributed by atoms with Gasteiger partial charge in [-0.25, -0.2) is 23.1 Å². The van der Waals surface area contributed by atoms with Crippen molar-refractivity contribution in [3.05, 3.63) is 96.6 Å². The van der Waals surface area contributed by atoms with Gasteiger partial charge in [-0.3, -0.25) is 4.79 Å². The van der Waals surface area contributed by atoms with E-state index in [0.717, 1.165) is 11.3 Å². The maximum atomic E-state index is 13.4. The van der Waals surface area contributed by atoms with Gasteiger partial charge in [-0.15, -0.1) is 0 Å². The highest BCUT2D eigenvalue weighted by atomic mass is 32.2. The highest BCUT2D eigenvalue weighted by molar-refractivity contribution is 7.89. The average Bonchev–Trinajstić information content (AvgIpc) is 3.39. The number of hydrogen-bond acceptors (Lipinski definition) is 7. The molecule has 174 valence electrons. The molecule has 11 heteroatoms. The summed E-state index contributed by atoms with van der Waals surface area (Å²) >= 11 is 0. The third-order valence-corrected chi connectivity index (χ3v) is 6.58. The second-order valence-corrected chi connectivity index (χ2v) is 9.20. The summed E-state index contributed by atoms with van der Waals surface area (Å²) in [5.74, 6) is -0.677. The number of nitrogens with one attached hydrogen (secondary N) is 1. The minimum atomic E-state index is -3.94. The molecule has 0 unspecified atom stereocenters. The number of aromatic nitrogens is 4. The maximum Gasteiger partial charge on any atom is 0.322 e. The van der Waals surface area contributed by atoms with Crippen LogP contribution < -0.4 is 5.32 Å². The van der Waals surface area contributed by atoms with Crippen LogP contribution in [0.4, 0.5) is 5.82 Å². The van der Waals surface area contributed by atoms with Crippen molar-refractivity contribution >= 4 is 21.8 Å². The molecule has 10 nitrogen and oxygen atoms in total. The van der Waals surface area contributed by atoms with E-state index in [1.165, 1.54) is 16.6 Å². The Morgan fingerprint density at radius 2 is 1.79 bits per heavy atom. The molecule has 0 saturated carbocycles. The Labute approximate surface area is 196 Å². The van der Waals surface area contributed by atoms with Crippen LogP contribution in [0.1, 0.15) is 11.3 Å². The first-order valence-electron chi connectivity index (χ1n) is 10.3. The number of hydrogen-bond donors (Lipinski definition) is 2. The lowest BCUT2D eigenvalue weighted by atomic mass is 10.2. The minimum Gasteiger partial charge on any atom is -0.480 e. The number of rotatable bonds is 10. The first-order chi connectivity index (χ1) is 16.4. The van der Waals surface area contributed by atoms with E-state index >= 15 is 0 Å². The number of carboxylic acid groups (broad SMARTS) is 1. The van der Waals surface area contributed by atoms with E-state index in [0.29, 0.717) is 11.5 Å². The van der Waals surface area contributed by atoms with Gasteiger partial charge in [0.2, 0.25) is 0 Å². The lowest BCUT2D eigenvalue weighted by Crippen LogP contribution is -2.31. The topological polar surface area (TPSA) is 130 Å². The van der Waals surface area contributed by atoms with Gasteiger partial charge in [0.25, 0.3) is 10.0 Å². The van der Waals surface area contributed by atoms with Crippen molar-refractivity contribution in [2.45, 2.75) is 18.1 Å². The quantitative estimate of drug-likeness (QED) is 0.356. The molecule has 4 rings (SSSR count). The minimum absolute atomic E-state index is 0.0254. The molecule has 0 aliphatic rings. The number of aliphatic carboxylic acids is 1. The Hall–Kier alpha value is -4.09. The van der Waals surface area contributed by atoms with Crippen molar-refractivity contribution in [3.63, 3.8) is 0 Å². The Morgan fingerprint density at radius 1 is 0.971 bits per heavy atom. The molecule has 0 aliphatic heterocycles. The summed E-state index contributed by atoms with van der Waals surface area (Å²) in [6.07, 6.45) is 4.93. The zero-order valence-corrected chi connectivity index (χ0v) is 18.8. The van der Waals surface area contributed by atoms with Gasteiger partial charge in [0.15, 0.2) is 5.03 Å². The van der Waals surface area contributed by atoms with Crippen LogP contribution in [0.5, 0.6) is 0 Å². The summed E-state index contributed by atoms with van der Waals surface area (Å²) in [5.41, 5.74) is 2.09. The largest absolute Gasteiger partial charge is 0.480 e. The summed E-state index contributed by atoms with van der Waals surface area (Å²) in [5, 5.41) is 15.7. The molecule has 0 spiro atoms. The van der Waals surface area contributed by atoms with E-state index in [-0.39, 0.29) is 24.7 Å². The van der Waals surface area contributed by atoms with Gasteiger partial charge in [0.05, 0.1) is 17.9 Å². The summed E-state index contributed by atoms with van der Waals surface area (Å²) in [7, 11) is -3.94. The number of pyridine rings is 2. The standard InChI is InChI=1S/C23H22N6O4S/c30-23(31)15-25-21-6-3-5-19(27-21)17-28(34(32,33)22-7-1-2-12-24-22)16-18-8-10-20(11-9-18)29-14-4-13-26-29/h1-14H,15-17H2,(H,25,27)(H,30,31). The van der Waals surface area contributed by atoms with Gasteiger partial charge in [0, 0.05) is 25.1 Å². The maximum absolute atomic E-state index is 13.4. The monoisotopic (exact) mass is 478 g/mol. The summed E-state index contributed by atoms with van der Waals surface area (Å²) < 4.78 is 29.9. The van der Waals surface area contributed by atoms with Crippen LogP contribution in [0.15, 0.2) is 90.3 Å². The molecule has 3 heterocycles. The van der Waals surface area contributed by atoms with E-state index in [4.69, 9.17) is 5.11 Å². The van der Waals surface area contributed by atoms with Crippen molar-refractivity contribution in [1.82, 2.24) is 24.1 Å². The van der Waals surface area contributed by atoms with Crippen LogP contribution in [0.25, 0.3) is 5.69 Å². The average molecular weight is 479 g/mol. The first-order valence-corrected chi connectivity index (χ1v) is 11.8. The Morgan fingerprint density at radius 3 is 2.47 bits per heavy atom. The molecule has 0 saturated heterocycles. The van der Waals surface area contributed by atoms with Crippen molar-refractivity contribution < 1.29 is 18.3 Å². The lowest BCUT2D eigenvalue weighted by molar-refractivity contribution is -0.134.